The van der Waals surface area contributed by atoms with E-state index in [9.17, 15) is 8.42 Å². The van der Waals surface area contributed by atoms with Gasteiger partial charge in [-0.2, -0.15) is 5.10 Å². The number of hydrogen-bond donors (Lipinski definition) is 2. The van der Waals surface area contributed by atoms with E-state index in [0.29, 0.717) is 35.1 Å². The van der Waals surface area contributed by atoms with Crippen molar-refractivity contribution < 1.29 is 17.7 Å². The average molecular weight is 495 g/mol. The van der Waals surface area contributed by atoms with Crippen molar-refractivity contribution in [3.63, 3.8) is 0 Å². The summed E-state index contributed by atoms with van der Waals surface area (Å²) in [5.41, 5.74) is 2.23. The van der Waals surface area contributed by atoms with E-state index in [1.54, 1.807) is 29.1 Å². The molecule has 2 aliphatic rings. The highest BCUT2D eigenvalue weighted by atomic mass is 32.2. The second kappa shape index (κ2) is 8.58. The molecule has 10 nitrogen and oxygen atoms in total. The molecule has 35 heavy (non-hydrogen) atoms. The highest BCUT2D eigenvalue weighted by Crippen LogP contribution is 2.36. The van der Waals surface area contributed by atoms with Gasteiger partial charge in [0.15, 0.2) is 11.4 Å². The van der Waals surface area contributed by atoms with E-state index in [-0.39, 0.29) is 10.7 Å². The number of nitrogens with zero attached hydrogens (tertiary/aromatic N) is 4. The number of methoxy groups -OCH3 is 1. The fraction of sp³-hybridized carbons (Fsp3) is 0.333. The van der Waals surface area contributed by atoms with Crippen LogP contribution in [0.2, 0.25) is 0 Å². The summed E-state index contributed by atoms with van der Waals surface area (Å²) in [6, 6.07) is 12.5. The summed E-state index contributed by atoms with van der Waals surface area (Å²) >= 11 is 0. The Kier molecular flexibility index (Phi) is 5.37. The predicted octanol–water partition coefficient (Wildman–Crippen LogP) is 2.54. The molecule has 2 aliphatic heterocycles. The topological polar surface area (TPSA) is 115 Å². The van der Waals surface area contributed by atoms with Crippen LogP contribution in [0, 0.1) is 11.8 Å². The minimum atomic E-state index is -3.90. The normalized spacial score (nSPS) is 19.9. The van der Waals surface area contributed by atoms with Crippen molar-refractivity contribution in [1.29, 1.82) is 0 Å². The number of hydrogen-bond acceptors (Lipinski definition) is 8. The third-order valence-electron chi connectivity index (χ3n) is 6.84. The molecule has 6 rings (SSSR count). The van der Waals surface area contributed by atoms with Crippen LogP contribution in [0.1, 0.15) is 5.56 Å². The maximum atomic E-state index is 13.3. The number of aromatic nitrogens is 3. The molecular weight excluding hydrogens is 468 g/mol. The number of fused-ring (bicyclic) bond motifs is 2. The SMILES string of the molecule is COc1cc(Cn2cccn2)cc2onc(NS(=O)(=O)c3cccc(N4CC5CNC[C@H]5C4)c3)c12. The first-order valence-electron chi connectivity index (χ1n) is 11.5. The fourth-order valence-electron chi connectivity index (χ4n) is 5.09. The van der Waals surface area contributed by atoms with Gasteiger partial charge in [0.25, 0.3) is 10.0 Å². The lowest BCUT2D eigenvalue weighted by Crippen LogP contribution is -2.25. The molecule has 0 saturated carbocycles. The van der Waals surface area contributed by atoms with Crippen LogP contribution in [0.15, 0.2) is 64.3 Å². The zero-order valence-corrected chi connectivity index (χ0v) is 20.0. The van der Waals surface area contributed by atoms with Gasteiger partial charge in [-0.1, -0.05) is 11.2 Å². The van der Waals surface area contributed by atoms with Crippen LogP contribution in [-0.4, -0.2) is 56.6 Å². The second-order valence-corrected chi connectivity index (χ2v) is 10.8. The van der Waals surface area contributed by atoms with Gasteiger partial charge in [-0.3, -0.25) is 9.40 Å². The van der Waals surface area contributed by atoms with E-state index < -0.39 is 10.0 Å². The summed E-state index contributed by atoms with van der Waals surface area (Å²) in [7, 11) is -2.37. The van der Waals surface area contributed by atoms with Crippen LogP contribution in [0.3, 0.4) is 0 Å². The number of anilines is 2. The zero-order valence-electron chi connectivity index (χ0n) is 19.2. The lowest BCUT2D eigenvalue weighted by Gasteiger charge is -2.20. The van der Waals surface area contributed by atoms with Crippen molar-refractivity contribution in [3.05, 3.63) is 60.4 Å². The van der Waals surface area contributed by atoms with Crippen molar-refractivity contribution in [3.8, 4) is 5.75 Å². The standard InChI is InChI=1S/C24H26N6O4S/c1-33-21-8-16(13-30-7-3-6-26-30)9-22-23(21)24(27-34-22)28-35(31,32)20-5-2-4-19(10-20)29-14-17-11-25-12-18(17)15-29/h2-10,17-18,25H,11-15H2,1H3,(H,27,28)/t17-,18?/m0/s1. The largest absolute Gasteiger partial charge is 0.496 e. The zero-order chi connectivity index (χ0) is 24.0. The molecule has 2 fully saturated rings. The van der Waals surface area contributed by atoms with Crippen molar-refractivity contribution >= 4 is 32.5 Å². The van der Waals surface area contributed by atoms with Gasteiger partial charge in [0, 0.05) is 44.3 Å². The fourth-order valence-corrected chi connectivity index (χ4v) is 6.14. The molecule has 2 N–H and O–H groups in total. The van der Waals surface area contributed by atoms with Gasteiger partial charge in [-0.15, -0.1) is 0 Å². The van der Waals surface area contributed by atoms with Crippen LogP contribution in [0.25, 0.3) is 11.0 Å². The average Bonchev–Trinajstić information content (AvgIpc) is 3.64. The third-order valence-corrected chi connectivity index (χ3v) is 8.17. The Morgan fingerprint density at radius 2 is 2.00 bits per heavy atom. The Labute approximate surface area is 202 Å². The molecular formula is C24H26N6O4S. The van der Waals surface area contributed by atoms with Gasteiger partial charge in [0.05, 0.1) is 18.6 Å². The summed E-state index contributed by atoms with van der Waals surface area (Å²) in [5.74, 6) is 1.78. The van der Waals surface area contributed by atoms with Crippen LogP contribution < -0.4 is 19.7 Å². The molecule has 4 heterocycles. The van der Waals surface area contributed by atoms with Crippen LogP contribution in [0.4, 0.5) is 11.5 Å². The van der Waals surface area contributed by atoms with Gasteiger partial charge in [-0.25, -0.2) is 8.42 Å². The number of nitrogens with one attached hydrogen (secondary N) is 2. The molecule has 2 aromatic carbocycles. The minimum Gasteiger partial charge on any atom is -0.496 e. The first-order chi connectivity index (χ1) is 17.0. The molecule has 0 aliphatic carbocycles. The number of rotatable bonds is 7. The first kappa shape index (κ1) is 21.9. The summed E-state index contributed by atoms with van der Waals surface area (Å²) in [6.45, 7) is 4.42. The van der Waals surface area contributed by atoms with E-state index in [2.05, 4.69) is 25.2 Å². The smallest absolute Gasteiger partial charge is 0.263 e. The highest BCUT2D eigenvalue weighted by Gasteiger charge is 2.36. The number of sulfonamides is 1. The molecule has 182 valence electrons. The van der Waals surface area contributed by atoms with E-state index in [1.807, 2.05) is 30.5 Å². The summed E-state index contributed by atoms with van der Waals surface area (Å²) in [6.07, 6.45) is 3.56. The van der Waals surface area contributed by atoms with E-state index in [0.717, 1.165) is 37.4 Å². The van der Waals surface area contributed by atoms with Crippen molar-refractivity contribution in [1.82, 2.24) is 20.3 Å². The number of benzene rings is 2. The van der Waals surface area contributed by atoms with Gasteiger partial charge in [0.1, 0.15) is 11.1 Å². The predicted molar refractivity (Wildman–Crippen MR) is 131 cm³/mol. The maximum Gasteiger partial charge on any atom is 0.263 e. The molecule has 2 aromatic heterocycles. The molecule has 1 unspecified atom stereocenters. The number of ether oxygens (including phenoxy) is 1. The van der Waals surface area contributed by atoms with Crippen molar-refractivity contribution in [2.45, 2.75) is 11.4 Å². The quantitative estimate of drug-likeness (QED) is 0.403. The Morgan fingerprint density at radius 3 is 2.74 bits per heavy atom. The minimum absolute atomic E-state index is 0.0923. The van der Waals surface area contributed by atoms with Crippen LogP contribution in [0.5, 0.6) is 5.75 Å². The Hall–Kier alpha value is -3.57. The Balaban J connectivity index is 1.27. The van der Waals surface area contributed by atoms with Gasteiger partial charge < -0.3 is 19.5 Å². The van der Waals surface area contributed by atoms with Crippen LogP contribution in [-0.2, 0) is 16.6 Å². The summed E-state index contributed by atoms with van der Waals surface area (Å²) in [5, 5.41) is 12.1. The summed E-state index contributed by atoms with van der Waals surface area (Å²) < 4.78 is 42.0. The maximum absolute atomic E-state index is 13.3. The van der Waals surface area contributed by atoms with E-state index >= 15 is 0 Å². The Bertz CT molecular complexity index is 1450. The molecule has 0 radical (unpaired) electrons. The first-order valence-corrected chi connectivity index (χ1v) is 13.0. The van der Waals surface area contributed by atoms with Gasteiger partial charge >= 0.3 is 0 Å². The Morgan fingerprint density at radius 1 is 1.17 bits per heavy atom. The van der Waals surface area contributed by atoms with Gasteiger partial charge in [-0.05, 0) is 53.8 Å². The highest BCUT2D eigenvalue weighted by molar-refractivity contribution is 7.92. The molecule has 2 saturated heterocycles. The molecule has 2 atom stereocenters. The summed E-state index contributed by atoms with van der Waals surface area (Å²) in [4.78, 5) is 2.45. The lowest BCUT2D eigenvalue weighted by molar-refractivity contribution is 0.418. The monoisotopic (exact) mass is 494 g/mol. The second-order valence-electron chi connectivity index (χ2n) is 9.09. The van der Waals surface area contributed by atoms with Crippen molar-refractivity contribution in [2.24, 2.45) is 11.8 Å². The molecule has 0 spiro atoms. The van der Waals surface area contributed by atoms with E-state index in [1.165, 1.54) is 7.11 Å². The third kappa shape index (κ3) is 4.10. The van der Waals surface area contributed by atoms with E-state index in [4.69, 9.17) is 9.26 Å². The lowest BCUT2D eigenvalue weighted by atomic mass is 10.0. The molecule has 0 amide bonds. The van der Waals surface area contributed by atoms with Crippen molar-refractivity contribution in [2.75, 3.05) is 42.9 Å². The molecule has 11 heteroatoms. The van der Waals surface area contributed by atoms with Gasteiger partial charge in [0.2, 0.25) is 0 Å². The van der Waals surface area contributed by atoms with Crippen LogP contribution >= 0.6 is 0 Å². The molecule has 0 bridgehead atoms. The molecule has 4 aromatic rings.